The zero-order valence-electron chi connectivity index (χ0n) is 9.51. The molecule has 0 unspecified atom stereocenters. The SMILES string of the molecule is O=C(O)C=Cc1c(F)cccc1-c1ccccc1. The average molecular weight is 242 g/mol. The van der Waals surface area contributed by atoms with Crippen LogP contribution in [0.5, 0.6) is 0 Å². The molecule has 0 aliphatic heterocycles. The molecule has 0 spiro atoms. The van der Waals surface area contributed by atoms with E-state index in [0.717, 1.165) is 11.6 Å². The van der Waals surface area contributed by atoms with Crippen molar-refractivity contribution >= 4 is 12.0 Å². The maximum absolute atomic E-state index is 13.7. The molecule has 2 aromatic carbocycles. The molecule has 0 radical (unpaired) electrons. The Morgan fingerprint density at radius 2 is 1.78 bits per heavy atom. The normalized spacial score (nSPS) is 10.7. The molecule has 2 rings (SSSR count). The molecule has 2 aromatic rings. The third-order valence-corrected chi connectivity index (χ3v) is 2.53. The highest BCUT2D eigenvalue weighted by atomic mass is 19.1. The van der Waals surface area contributed by atoms with Crippen LogP contribution in [0.25, 0.3) is 17.2 Å². The fourth-order valence-corrected chi connectivity index (χ4v) is 1.73. The Morgan fingerprint density at radius 1 is 1.06 bits per heavy atom. The summed E-state index contributed by atoms with van der Waals surface area (Å²) in [5, 5.41) is 8.62. The van der Waals surface area contributed by atoms with E-state index in [1.165, 1.54) is 12.1 Å². The number of rotatable bonds is 3. The zero-order valence-corrected chi connectivity index (χ0v) is 9.51. The van der Waals surface area contributed by atoms with E-state index in [2.05, 4.69) is 0 Å². The van der Waals surface area contributed by atoms with Crippen molar-refractivity contribution in [2.45, 2.75) is 0 Å². The lowest BCUT2D eigenvalue weighted by Crippen LogP contribution is -1.91. The van der Waals surface area contributed by atoms with Gasteiger partial charge < -0.3 is 5.11 Å². The summed E-state index contributed by atoms with van der Waals surface area (Å²) < 4.78 is 13.7. The van der Waals surface area contributed by atoms with Crippen LogP contribution >= 0.6 is 0 Å². The highest BCUT2D eigenvalue weighted by Gasteiger charge is 2.07. The first-order valence-corrected chi connectivity index (χ1v) is 5.43. The van der Waals surface area contributed by atoms with E-state index in [-0.39, 0.29) is 5.56 Å². The largest absolute Gasteiger partial charge is 0.478 e. The Labute approximate surface area is 104 Å². The van der Waals surface area contributed by atoms with Crippen molar-refractivity contribution in [3.8, 4) is 11.1 Å². The molecule has 0 saturated carbocycles. The predicted molar refractivity (Wildman–Crippen MR) is 68.5 cm³/mol. The Hall–Kier alpha value is -2.42. The molecule has 0 fully saturated rings. The number of carbonyl (C=O) groups is 1. The summed E-state index contributed by atoms with van der Waals surface area (Å²) in [4.78, 5) is 10.5. The summed E-state index contributed by atoms with van der Waals surface area (Å²) in [6.45, 7) is 0. The molecule has 1 N–H and O–H groups in total. The van der Waals surface area contributed by atoms with Gasteiger partial charge in [0.1, 0.15) is 5.82 Å². The van der Waals surface area contributed by atoms with Crippen LogP contribution in [0, 0.1) is 5.82 Å². The fourth-order valence-electron chi connectivity index (χ4n) is 1.73. The second kappa shape index (κ2) is 5.27. The van der Waals surface area contributed by atoms with Crippen LogP contribution in [0.1, 0.15) is 5.56 Å². The van der Waals surface area contributed by atoms with E-state index in [4.69, 9.17) is 5.11 Å². The minimum atomic E-state index is -1.10. The van der Waals surface area contributed by atoms with Crippen LogP contribution in [-0.2, 0) is 4.79 Å². The number of hydrogen-bond donors (Lipinski definition) is 1. The van der Waals surface area contributed by atoms with E-state index >= 15 is 0 Å². The quantitative estimate of drug-likeness (QED) is 0.835. The maximum atomic E-state index is 13.7. The van der Waals surface area contributed by atoms with Crippen LogP contribution in [0.2, 0.25) is 0 Å². The van der Waals surface area contributed by atoms with Gasteiger partial charge in [0.25, 0.3) is 0 Å². The van der Waals surface area contributed by atoms with Gasteiger partial charge in [-0.1, -0.05) is 42.5 Å². The highest BCUT2D eigenvalue weighted by molar-refractivity contribution is 5.88. The minimum Gasteiger partial charge on any atom is -0.478 e. The molecular formula is C15H11FO2. The maximum Gasteiger partial charge on any atom is 0.328 e. The molecule has 0 aromatic heterocycles. The summed E-state index contributed by atoms with van der Waals surface area (Å²) in [5.41, 5.74) is 1.81. The van der Waals surface area contributed by atoms with Gasteiger partial charge in [-0.05, 0) is 23.3 Å². The molecule has 0 aliphatic carbocycles. The smallest absolute Gasteiger partial charge is 0.328 e. The minimum absolute atomic E-state index is 0.283. The van der Waals surface area contributed by atoms with Gasteiger partial charge >= 0.3 is 5.97 Å². The first-order valence-electron chi connectivity index (χ1n) is 5.43. The van der Waals surface area contributed by atoms with Crippen molar-refractivity contribution in [2.24, 2.45) is 0 Å². The Morgan fingerprint density at radius 3 is 2.44 bits per heavy atom. The van der Waals surface area contributed by atoms with E-state index in [0.29, 0.717) is 5.56 Å². The topological polar surface area (TPSA) is 37.3 Å². The van der Waals surface area contributed by atoms with Crippen molar-refractivity contribution in [2.75, 3.05) is 0 Å². The van der Waals surface area contributed by atoms with E-state index in [1.807, 2.05) is 30.3 Å². The van der Waals surface area contributed by atoms with Crippen molar-refractivity contribution < 1.29 is 14.3 Å². The number of halogens is 1. The van der Waals surface area contributed by atoms with Gasteiger partial charge in [0.15, 0.2) is 0 Å². The Kier molecular flexibility index (Phi) is 3.53. The number of carboxylic acid groups (broad SMARTS) is 1. The van der Waals surface area contributed by atoms with Gasteiger partial charge in [-0.3, -0.25) is 0 Å². The van der Waals surface area contributed by atoms with Crippen LogP contribution in [0.4, 0.5) is 4.39 Å². The first-order chi connectivity index (χ1) is 8.68. The molecule has 0 heterocycles. The van der Waals surface area contributed by atoms with Crippen LogP contribution in [0.15, 0.2) is 54.6 Å². The van der Waals surface area contributed by atoms with Gasteiger partial charge in [0, 0.05) is 11.6 Å². The third-order valence-electron chi connectivity index (χ3n) is 2.53. The molecule has 3 heteroatoms. The highest BCUT2D eigenvalue weighted by Crippen LogP contribution is 2.26. The first kappa shape index (κ1) is 12.0. The fraction of sp³-hybridized carbons (Fsp3) is 0. The van der Waals surface area contributed by atoms with Crippen molar-refractivity contribution in [1.29, 1.82) is 0 Å². The molecule has 18 heavy (non-hydrogen) atoms. The molecule has 0 bridgehead atoms. The van der Waals surface area contributed by atoms with Gasteiger partial charge in [-0.15, -0.1) is 0 Å². The number of benzene rings is 2. The molecular weight excluding hydrogens is 231 g/mol. The summed E-state index contributed by atoms with van der Waals surface area (Å²) in [5.74, 6) is -1.54. The number of aliphatic carboxylic acids is 1. The van der Waals surface area contributed by atoms with E-state index in [1.54, 1.807) is 12.1 Å². The lowest BCUT2D eigenvalue weighted by molar-refractivity contribution is -0.131. The summed E-state index contributed by atoms with van der Waals surface area (Å²) in [6.07, 6.45) is 2.21. The van der Waals surface area contributed by atoms with Crippen LogP contribution in [0.3, 0.4) is 0 Å². The third kappa shape index (κ3) is 2.63. The molecule has 2 nitrogen and oxygen atoms in total. The average Bonchev–Trinajstić information content (AvgIpc) is 2.38. The van der Waals surface area contributed by atoms with Crippen molar-refractivity contribution in [3.63, 3.8) is 0 Å². The monoisotopic (exact) mass is 242 g/mol. The molecule has 0 saturated heterocycles. The van der Waals surface area contributed by atoms with E-state index in [9.17, 15) is 9.18 Å². The standard InChI is InChI=1S/C15H11FO2/c16-14-8-4-7-12(11-5-2-1-3-6-11)13(14)9-10-15(17)18/h1-10H,(H,17,18). The van der Waals surface area contributed by atoms with E-state index < -0.39 is 11.8 Å². The summed E-state index contributed by atoms with van der Waals surface area (Å²) in [7, 11) is 0. The van der Waals surface area contributed by atoms with Gasteiger partial charge in [0.05, 0.1) is 0 Å². The lowest BCUT2D eigenvalue weighted by atomic mass is 9.99. The predicted octanol–water partition coefficient (Wildman–Crippen LogP) is 3.59. The van der Waals surface area contributed by atoms with Gasteiger partial charge in [-0.2, -0.15) is 0 Å². The summed E-state index contributed by atoms with van der Waals surface area (Å²) in [6, 6.07) is 14.0. The molecule has 0 aliphatic rings. The number of hydrogen-bond acceptors (Lipinski definition) is 1. The second-order valence-corrected chi connectivity index (χ2v) is 3.74. The Bertz CT molecular complexity index is 589. The summed E-state index contributed by atoms with van der Waals surface area (Å²) >= 11 is 0. The lowest BCUT2D eigenvalue weighted by Gasteiger charge is -2.07. The molecule has 90 valence electrons. The number of carboxylic acids is 1. The molecule has 0 amide bonds. The van der Waals surface area contributed by atoms with Crippen molar-refractivity contribution in [1.82, 2.24) is 0 Å². The molecule has 0 atom stereocenters. The Balaban J connectivity index is 2.54. The van der Waals surface area contributed by atoms with Gasteiger partial charge in [0.2, 0.25) is 0 Å². The van der Waals surface area contributed by atoms with Crippen LogP contribution in [-0.4, -0.2) is 11.1 Å². The van der Waals surface area contributed by atoms with Gasteiger partial charge in [-0.25, -0.2) is 9.18 Å². The second-order valence-electron chi connectivity index (χ2n) is 3.74. The van der Waals surface area contributed by atoms with Crippen LogP contribution < -0.4 is 0 Å². The van der Waals surface area contributed by atoms with Crippen molar-refractivity contribution in [3.05, 3.63) is 66.0 Å². The zero-order chi connectivity index (χ0) is 13.0.